The zero-order valence-electron chi connectivity index (χ0n) is 13.3. The van der Waals surface area contributed by atoms with Crippen molar-refractivity contribution in [3.05, 3.63) is 65.5 Å². The number of rotatable bonds is 6. The average Bonchev–Trinajstić information content (AvgIpc) is 3.28. The van der Waals surface area contributed by atoms with Crippen LogP contribution in [0.5, 0.6) is 0 Å². The van der Waals surface area contributed by atoms with Gasteiger partial charge in [0.05, 0.1) is 18.1 Å². The molecule has 0 bridgehead atoms. The van der Waals surface area contributed by atoms with Gasteiger partial charge in [0, 0.05) is 5.41 Å². The highest BCUT2D eigenvalue weighted by atomic mass is 32.2. The van der Waals surface area contributed by atoms with Gasteiger partial charge in [0.15, 0.2) is 0 Å². The molecule has 4 nitrogen and oxygen atoms in total. The fourth-order valence-electron chi connectivity index (χ4n) is 2.98. The molecule has 0 heterocycles. The molecule has 24 heavy (non-hydrogen) atoms. The van der Waals surface area contributed by atoms with Gasteiger partial charge in [-0.2, -0.15) is 8.42 Å². The highest BCUT2D eigenvalue weighted by Crippen LogP contribution is 2.54. The minimum absolute atomic E-state index is 0.0344. The molecule has 0 spiro atoms. The van der Waals surface area contributed by atoms with Crippen LogP contribution in [-0.4, -0.2) is 26.7 Å². The van der Waals surface area contributed by atoms with Crippen LogP contribution in [0.3, 0.4) is 0 Å². The molecule has 1 aliphatic carbocycles. The van der Waals surface area contributed by atoms with Crippen LogP contribution in [-0.2, 0) is 19.7 Å². The van der Waals surface area contributed by atoms with Gasteiger partial charge in [-0.1, -0.05) is 29.8 Å². The van der Waals surface area contributed by atoms with Crippen molar-refractivity contribution in [2.45, 2.75) is 23.7 Å². The third-order valence-corrected chi connectivity index (χ3v) is 5.94. The van der Waals surface area contributed by atoms with Crippen molar-refractivity contribution in [1.29, 1.82) is 0 Å². The molecule has 1 N–H and O–H groups in total. The zero-order valence-corrected chi connectivity index (χ0v) is 14.1. The van der Waals surface area contributed by atoms with E-state index >= 15 is 0 Å². The minimum atomic E-state index is -3.84. The largest absolute Gasteiger partial charge is 0.395 e. The Balaban J connectivity index is 1.70. The van der Waals surface area contributed by atoms with Crippen LogP contribution < -0.4 is 0 Å². The summed E-state index contributed by atoms with van der Waals surface area (Å²) in [5, 5.41) is 9.72. The molecule has 2 aromatic carbocycles. The molecule has 0 radical (unpaired) electrons. The Morgan fingerprint density at radius 3 is 2.58 bits per heavy atom. The molecule has 1 aliphatic rings. The van der Waals surface area contributed by atoms with Crippen molar-refractivity contribution in [2.75, 3.05) is 13.2 Å². The maximum absolute atomic E-state index is 13.4. The summed E-state index contributed by atoms with van der Waals surface area (Å²) < 4.78 is 43.0. The van der Waals surface area contributed by atoms with Crippen molar-refractivity contribution >= 4 is 10.1 Å². The molecule has 2 atom stereocenters. The van der Waals surface area contributed by atoms with Crippen LogP contribution in [0.4, 0.5) is 4.39 Å². The van der Waals surface area contributed by atoms with E-state index in [-0.39, 0.29) is 29.8 Å². The van der Waals surface area contributed by atoms with Gasteiger partial charge < -0.3 is 5.11 Å². The van der Waals surface area contributed by atoms with E-state index in [2.05, 4.69) is 0 Å². The molecule has 0 unspecified atom stereocenters. The van der Waals surface area contributed by atoms with E-state index in [1.165, 1.54) is 24.3 Å². The van der Waals surface area contributed by atoms with Crippen LogP contribution in [0.25, 0.3) is 0 Å². The number of aryl methyl sites for hydroxylation is 1. The first-order chi connectivity index (χ1) is 11.4. The van der Waals surface area contributed by atoms with E-state index in [9.17, 15) is 17.9 Å². The highest BCUT2D eigenvalue weighted by Gasteiger charge is 2.55. The fraction of sp³-hybridized carbons (Fsp3) is 0.333. The van der Waals surface area contributed by atoms with Gasteiger partial charge in [-0.15, -0.1) is 0 Å². The lowest BCUT2D eigenvalue weighted by Gasteiger charge is -2.15. The topological polar surface area (TPSA) is 63.6 Å². The average molecular weight is 350 g/mol. The molecule has 0 saturated heterocycles. The lowest BCUT2D eigenvalue weighted by atomic mass is 9.94. The van der Waals surface area contributed by atoms with Crippen LogP contribution >= 0.6 is 0 Å². The lowest BCUT2D eigenvalue weighted by molar-refractivity contribution is 0.223. The predicted octanol–water partition coefficient (Wildman–Crippen LogP) is 2.79. The number of benzene rings is 2. The van der Waals surface area contributed by atoms with E-state index in [1.807, 2.05) is 6.92 Å². The summed E-state index contributed by atoms with van der Waals surface area (Å²) in [6.07, 6.45) is 0.566. The summed E-state index contributed by atoms with van der Waals surface area (Å²) in [6.45, 7) is 1.67. The minimum Gasteiger partial charge on any atom is -0.395 e. The molecule has 3 rings (SSSR count). The Kier molecular flexibility index (Phi) is 4.46. The molecule has 1 saturated carbocycles. The maximum atomic E-state index is 13.4. The molecule has 128 valence electrons. The molecular weight excluding hydrogens is 331 g/mol. The Morgan fingerprint density at radius 1 is 1.25 bits per heavy atom. The van der Waals surface area contributed by atoms with Gasteiger partial charge in [0.25, 0.3) is 10.1 Å². The second-order valence-corrected chi connectivity index (χ2v) is 7.89. The SMILES string of the molecule is Cc1ccc(S(=O)(=O)OC[C@@H]2C[C@@]2(CO)c2cccc(F)c2)cc1. The van der Waals surface area contributed by atoms with Crippen molar-refractivity contribution in [3.63, 3.8) is 0 Å². The first kappa shape index (κ1) is 17.1. The summed E-state index contributed by atoms with van der Waals surface area (Å²) in [7, 11) is -3.84. The van der Waals surface area contributed by atoms with Crippen molar-refractivity contribution in [1.82, 2.24) is 0 Å². The quantitative estimate of drug-likeness (QED) is 0.814. The van der Waals surface area contributed by atoms with Gasteiger partial charge in [0.2, 0.25) is 0 Å². The number of halogens is 1. The third kappa shape index (κ3) is 3.22. The van der Waals surface area contributed by atoms with Crippen molar-refractivity contribution in [2.24, 2.45) is 5.92 Å². The highest BCUT2D eigenvalue weighted by molar-refractivity contribution is 7.86. The summed E-state index contributed by atoms with van der Waals surface area (Å²) in [6, 6.07) is 12.5. The normalized spacial score (nSPS) is 23.2. The van der Waals surface area contributed by atoms with Gasteiger partial charge in [-0.05, 0) is 49.1 Å². The first-order valence-corrected chi connectivity index (χ1v) is 9.11. The number of aliphatic hydroxyl groups is 1. The number of hydrogen-bond acceptors (Lipinski definition) is 4. The lowest BCUT2D eigenvalue weighted by Crippen LogP contribution is -2.19. The molecule has 6 heteroatoms. The van der Waals surface area contributed by atoms with E-state index in [0.717, 1.165) is 5.56 Å². The van der Waals surface area contributed by atoms with E-state index < -0.39 is 15.5 Å². The van der Waals surface area contributed by atoms with Crippen molar-refractivity contribution < 1.29 is 22.1 Å². The van der Waals surface area contributed by atoms with Crippen molar-refractivity contribution in [3.8, 4) is 0 Å². The van der Waals surface area contributed by atoms with Crippen LogP contribution in [0.1, 0.15) is 17.5 Å². The molecular formula is C18H19FO4S. The van der Waals surface area contributed by atoms with E-state index in [1.54, 1.807) is 24.3 Å². The van der Waals surface area contributed by atoms with Gasteiger partial charge in [-0.3, -0.25) is 4.18 Å². The standard InChI is InChI=1S/C18H19FO4S/c1-13-5-7-17(8-6-13)24(21,22)23-11-15-10-18(15,12-20)14-3-2-4-16(19)9-14/h2-9,15,20H,10-12H2,1H3/t15-,18+/m0/s1. The van der Waals surface area contributed by atoms with Crippen LogP contribution in [0, 0.1) is 18.7 Å². The molecule has 2 aromatic rings. The summed E-state index contributed by atoms with van der Waals surface area (Å²) in [5.41, 5.74) is 1.01. The molecule has 0 amide bonds. The Bertz CT molecular complexity index is 832. The predicted molar refractivity (Wildman–Crippen MR) is 87.6 cm³/mol. The van der Waals surface area contributed by atoms with Gasteiger partial charge >= 0.3 is 0 Å². The van der Waals surface area contributed by atoms with Gasteiger partial charge in [0.1, 0.15) is 5.82 Å². The zero-order chi connectivity index (χ0) is 17.4. The fourth-order valence-corrected chi connectivity index (χ4v) is 3.93. The summed E-state index contributed by atoms with van der Waals surface area (Å²) >= 11 is 0. The number of aliphatic hydroxyl groups excluding tert-OH is 1. The smallest absolute Gasteiger partial charge is 0.296 e. The summed E-state index contributed by atoms with van der Waals surface area (Å²) in [4.78, 5) is 0.106. The molecule has 0 aliphatic heterocycles. The monoisotopic (exact) mass is 350 g/mol. The van der Waals surface area contributed by atoms with Crippen LogP contribution in [0.2, 0.25) is 0 Å². The summed E-state index contributed by atoms with van der Waals surface area (Å²) in [5.74, 6) is -0.538. The number of hydrogen-bond donors (Lipinski definition) is 1. The van der Waals surface area contributed by atoms with Gasteiger partial charge in [-0.25, -0.2) is 4.39 Å². The van der Waals surface area contributed by atoms with Crippen LogP contribution in [0.15, 0.2) is 53.4 Å². The first-order valence-electron chi connectivity index (χ1n) is 7.70. The Hall–Kier alpha value is -1.76. The van der Waals surface area contributed by atoms with E-state index in [4.69, 9.17) is 4.18 Å². The second-order valence-electron chi connectivity index (χ2n) is 6.28. The van der Waals surface area contributed by atoms with E-state index in [0.29, 0.717) is 12.0 Å². The Morgan fingerprint density at radius 2 is 1.96 bits per heavy atom. The molecule has 0 aromatic heterocycles. The Labute approximate surface area is 141 Å². The second kappa shape index (κ2) is 6.27. The third-order valence-electron chi connectivity index (χ3n) is 4.65. The maximum Gasteiger partial charge on any atom is 0.296 e. The molecule has 1 fully saturated rings.